The van der Waals surface area contributed by atoms with E-state index in [1.165, 1.54) is 16.9 Å². The molecule has 8 heteroatoms. The Morgan fingerprint density at radius 3 is 2.73 bits per heavy atom. The van der Waals surface area contributed by atoms with Gasteiger partial charge in [0, 0.05) is 11.5 Å². The maximum atomic E-state index is 13.2. The van der Waals surface area contributed by atoms with Crippen LogP contribution in [0.2, 0.25) is 0 Å². The summed E-state index contributed by atoms with van der Waals surface area (Å²) < 4.78 is 18.5. The lowest BCUT2D eigenvalue weighted by Crippen LogP contribution is -2.11. The fourth-order valence-corrected chi connectivity index (χ4v) is 1.88. The second-order valence-electron chi connectivity index (χ2n) is 5.27. The maximum Gasteiger partial charge on any atom is 0.253 e. The van der Waals surface area contributed by atoms with Gasteiger partial charge in [-0.2, -0.15) is 9.78 Å². The van der Waals surface area contributed by atoms with Crippen LogP contribution in [0.3, 0.4) is 0 Å². The third-order valence-electron chi connectivity index (χ3n) is 3.19. The minimum Gasteiger partial charge on any atom is -0.337 e. The van der Waals surface area contributed by atoms with Gasteiger partial charge in [-0.25, -0.2) is 4.39 Å². The molecule has 0 radical (unpaired) electrons. The molecule has 0 unspecified atom stereocenters. The molecule has 3 aromatic rings. The van der Waals surface area contributed by atoms with Crippen molar-refractivity contribution in [3.8, 4) is 11.4 Å². The van der Waals surface area contributed by atoms with Crippen molar-refractivity contribution in [1.29, 1.82) is 0 Å². The predicted molar refractivity (Wildman–Crippen MR) is 75.4 cm³/mol. The number of halogens is 1. The molecule has 0 aliphatic heterocycles. The fraction of sp³-hybridized carbons (Fsp3) is 0.357. The molecule has 0 saturated heterocycles. The lowest BCUT2D eigenvalue weighted by atomic mass is 10.2. The monoisotopic (exact) mass is 302 g/mol. The molecule has 0 aliphatic rings. The molecule has 0 aliphatic carbocycles. The Kier molecular flexibility index (Phi) is 3.66. The molecular formula is C14H15FN6O. The molecule has 1 atom stereocenters. The highest BCUT2D eigenvalue weighted by molar-refractivity contribution is 5.53. The predicted octanol–water partition coefficient (Wildman–Crippen LogP) is 2.59. The number of hydrogen-bond donors (Lipinski definition) is 0. The van der Waals surface area contributed by atoms with Crippen molar-refractivity contribution in [2.45, 2.75) is 32.7 Å². The summed E-state index contributed by atoms with van der Waals surface area (Å²) in [5, 5.41) is 16.1. The fourth-order valence-electron chi connectivity index (χ4n) is 1.88. The van der Waals surface area contributed by atoms with E-state index in [1.807, 2.05) is 20.8 Å². The van der Waals surface area contributed by atoms with Gasteiger partial charge < -0.3 is 4.52 Å². The quantitative estimate of drug-likeness (QED) is 0.736. The lowest BCUT2D eigenvalue weighted by molar-refractivity contribution is 0.317. The highest BCUT2D eigenvalue weighted by Crippen LogP contribution is 2.19. The number of aromatic nitrogens is 6. The zero-order chi connectivity index (χ0) is 15.7. The minimum atomic E-state index is -0.352. The van der Waals surface area contributed by atoms with Gasteiger partial charge in [0.2, 0.25) is 5.82 Å². The largest absolute Gasteiger partial charge is 0.337 e. The van der Waals surface area contributed by atoms with Crippen molar-refractivity contribution in [2.24, 2.45) is 0 Å². The molecule has 22 heavy (non-hydrogen) atoms. The Balaban J connectivity index is 1.86. The standard InChI is InChI=1S/C14H15FN6O/c1-8(2)12-16-14(22-19-12)9(3)21-18-13(17-20-21)10-5-4-6-11(15)7-10/h4-9H,1-3H3/t9-/m1/s1. The van der Waals surface area contributed by atoms with Crippen molar-refractivity contribution >= 4 is 0 Å². The topological polar surface area (TPSA) is 82.5 Å². The highest BCUT2D eigenvalue weighted by atomic mass is 19.1. The van der Waals surface area contributed by atoms with Crippen LogP contribution in [0, 0.1) is 5.82 Å². The summed E-state index contributed by atoms with van der Waals surface area (Å²) in [6, 6.07) is 5.69. The van der Waals surface area contributed by atoms with E-state index in [0.717, 1.165) is 0 Å². The third-order valence-corrected chi connectivity index (χ3v) is 3.19. The number of tetrazole rings is 1. The van der Waals surface area contributed by atoms with Gasteiger partial charge >= 0.3 is 0 Å². The van der Waals surface area contributed by atoms with Crippen LogP contribution >= 0.6 is 0 Å². The summed E-state index contributed by atoms with van der Waals surface area (Å²) in [5.41, 5.74) is 0.562. The van der Waals surface area contributed by atoms with E-state index in [4.69, 9.17) is 4.52 Å². The van der Waals surface area contributed by atoms with Gasteiger partial charge in [0.25, 0.3) is 5.89 Å². The summed E-state index contributed by atoms with van der Waals surface area (Å²) in [6.45, 7) is 5.79. The molecule has 7 nitrogen and oxygen atoms in total. The van der Waals surface area contributed by atoms with Crippen LogP contribution < -0.4 is 0 Å². The van der Waals surface area contributed by atoms with Crippen LogP contribution in [-0.4, -0.2) is 30.3 Å². The smallest absolute Gasteiger partial charge is 0.253 e. The first-order valence-electron chi connectivity index (χ1n) is 6.93. The van der Waals surface area contributed by atoms with E-state index in [1.54, 1.807) is 12.1 Å². The lowest BCUT2D eigenvalue weighted by Gasteiger charge is -2.03. The molecule has 0 saturated carbocycles. The average Bonchev–Trinajstić information content (AvgIpc) is 3.16. The molecule has 3 rings (SSSR count). The van der Waals surface area contributed by atoms with E-state index in [9.17, 15) is 4.39 Å². The Morgan fingerprint density at radius 2 is 2.05 bits per heavy atom. The molecule has 0 bridgehead atoms. The number of benzene rings is 1. The zero-order valence-electron chi connectivity index (χ0n) is 12.4. The van der Waals surface area contributed by atoms with Gasteiger partial charge in [0.15, 0.2) is 5.82 Å². The average molecular weight is 302 g/mol. The Labute approximate surface area is 126 Å². The van der Waals surface area contributed by atoms with Gasteiger partial charge in [-0.3, -0.25) is 0 Å². The van der Waals surface area contributed by atoms with Crippen molar-refractivity contribution in [3.63, 3.8) is 0 Å². The number of nitrogens with zero attached hydrogens (tertiary/aromatic N) is 6. The van der Waals surface area contributed by atoms with Crippen molar-refractivity contribution in [3.05, 3.63) is 41.8 Å². The van der Waals surface area contributed by atoms with E-state index in [0.29, 0.717) is 23.1 Å². The molecule has 2 heterocycles. The molecule has 2 aromatic heterocycles. The maximum absolute atomic E-state index is 13.2. The van der Waals surface area contributed by atoms with Crippen LogP contribution in [0.1, 0.15) is 44.4 Å². The number of rotatable bonds is 4. The summed E-state index contributed by atoms with van der Waals surface area (Å²) in [5.74, 6) is 1.21. The van der Waals surface area contributed by atoms with E-state index in [-0.39, 0.29) is 17.8 Å². The van der Waals surface area contributed by atoms with Crippen LogP contribution in [0.4, 0.5) is 4.39 Å². The van der Waals surface area contributed by atoms with Gasteiger partial charge in [-0.05, 0) is 24.3 Å². The Bertz CT molecular complexity index is 781. The van der Waals surface area contributed by atoms with Crippen LogP contribution in [0.25, 0.3) is 11.4 Å². The second-order valence-corrected chi connectivity index (χ2v) is 5.27. The number of hydrogen-bond acceptors (Lipinski definition) is 6. The first kappa shape index (κ1) is 14.3. The van der Waals surface area contributed by atoms with Crippen LogP contribution in [0.15, 0.2) is 28.8 Å². The minimum absolute atomic E-state index is 0.177. The third kappa shape index (κ3) is 2.72. The molecule has 0 N–H and O–H groups in total. The van der Waals surface area contributed by atoms with Gasteiger partial charge in [-0.1, -0.05) is 31.1 Å². The first-order chi connectivity index (χ1) is 10.5. The molecule has 0 amide bonds. The van der Waals surface area contributed by atoms with Gasteiger partial charge in [-0.15, -0.1) is 10.2 Å². The SMILES string of the molecule is CC(C)c1noc([C@@H](C)n2nnc(-c3cccc(F)c3)n2)n1. The van der Waals surface area contributed by atoms with Crippen molar-refractivity contribution < 1.29 is 8.91 Å². The molecule has 1 aromatic carbocycles. The second kappa shape index (κ2) is 5.63. The Hall–Kier alpha value is -2.64. The molecule has 0 fully saturated rings. The van der Waals surface area contributed by atoms with E-state index >= 15 is 0 Å². The summed E-state index contributed by atoms with van der Waals surface area (Å²) in [7, 11) is 0. The molecular weight excluding hydrogens is 287 g/mol. The summed E-state index contributed by atoms with van der Waals surface area (Å²) in [4.78, 5) is 5.69. The zero-order valence-corrected chi connectivity index (χ0v) is 12.4. The van der Waals surface area contributed by atoms with Crippen LogP contribution in [-0.2, 0) is 0 Å². The summed E-state index contributed by atoms with van der Waals surface area (Å²) in [6.07, 6.45) is 0. The first-order valence-corrected chi connectivity index (χ1v) is 6.93. The van der Waals surface area contributed by atoms with Gasteiger partial charge in [0.1, 0.15) is 11.9 Å². The van der Waals surface area contributed by atoms with E-state index < -0.39 is 0 Å². The highest BCUT2D eigenvalue weighted by Gasteiger charge is 2.20. The Morgan fingerprint density at radius 1 is 1.23 bits per heavy atom. The normalized spacial score (nSPS) is 12.8. The van der Waals surface area contributed by atoms with Gasteiger partial charge in [0.05, 0.1) is 0 Å². The summed E-state index contributed by atoms with van der Waals surface area (Å²) >= 11 is 0. The van der Waals surface area contributed by atoms with Crippen LogP contribution in [0.5, 0.6) is 0 Å². The van der Waals surface area contributed by atoms with Crippen molar-refractivity contribution in [1.82, 2.24) is 30.3 Å². The van der Waals surface area contributed by atoms with E-state index in [2.05, 4.69) is 25.6 Å². The molecule has 0 spiro atoms. The van der Waals surface area contributed by atoms with Crippen molar-refractivity contribution in [2.75, 3.05) is 0 Å². The molecule has 114 valence electrons.